The number of benzene rings is 1. The summed E-state index contributed by atoms with van der Waals surface area (Å²) in [7, 11) is 0. The first kappa shape index (κ1) is 13.5. The molecule has 1 aliphatic carbocycles. The molecule has 1 amide bonds. The Morgan fingerprint density at radius 2 is 2.17 bits per heavy atom. The number of hydrogen-bond acceptors (Lipinski definition) is 2. The van der Waals surface area contributed by atoms with Crippen LogP contribution < -0.4 is 11.1 Å². The van der Waals surface area contributed by atoms with E-state index in [1.165, 1.54) is 18.9 Å². The maximum absolute atomic E-state index is 12.0. The smallest absolute Gasteiger partial charge is 0.252 e. The second kappa shape index (κ2) is 5.37. The molecule has 5 heteroatoms. The third-order valence-electron chi connectivity index (χ3n) is 3.31. The predicted octanol–water partition coefficient (Wildman–Crippen LogP) is 3.35. The summed E-state index contributed by atoms with van der Waals surface area (Å²) in [5.41, 5.74) is 6.43. The van der Waals surface area contributed by atoms with Gasteiger partial charge in [-0.25, -0.2) is 0 Å². The first-order chi connectivity index (χ1) is 8.49. The molecule has 1 atom stereocenters. The van der Waals surface area contributed by atoms with Crippen LogP contribution in [0.2, 0.25) is 10.0 Å². The minimum atomic E-state index is -0.221. The number of nitrogens with one attached hydrogen (secondary N) is 1. The molecule has 0 heterocycles. The van der Waals surface area contributed by atoms with Crippen molar-refractivity contribution in [2.45, 2.75) is 19.8 Å². The zero-order valence-corrected chi connectivity index (χ0v) is 11.7. The van der Waals surface area contributed by atoms with Crippen molar-refractivity contribution in [3.63, 3.8) is 0 Å². The number of nitrogens with two attached hydrogens (primary N) is 1. The standard InChI is InChI=1S/C13H16Cl2N2O/c1-7(8-2-3-8)6-17-13(18)10-4-9(16)5-11(14)12(10)15/h4-5,7-8H,2-3,6,16H2,1H3,(H,17,18). The number of carbonyl (C=O) groups is 1. The van der Waals surface area contributed by atoms with E-state index in [-0.39, 0.29) is 10.9 Å². The summed E-state index contributed by atoms with van der Waals surface area (Å²) in [6.45, 7) is 2.80. The van der Waals surface area contributed by atoms with Gasteiger partial charge in [0.15, 0.2) is 0 Å². The summed E-state index contributed by atoms with van der Waals surface area (Å²) in [6.07, 6.45) is 2.53. The summed E-state index contributed by atoms with van der Waals surface area (Å²) in [6, 6.07) is 3.08. The number of hydrogen-bond donors (Lipinski definition) is 2. The van der Waals surface area contributed by atoms with E-state index in [2.05, 4.69) is 12.2 Å². The number of halogens is 2. The Balaban J connectivity index is 2.03. The molecule has 3 nitrogen and oxygen atoms in total. The number of amides is 1. The average Bonchev–Trinajstić information content (AvgIpc) is 3.14. The van der Waals surface area contributed by atoms with Crippen molar-refractivity contribution in [2.24, 2.45) is 11.8 Å². The van der Waals surface area contributed by atoms with Crippen LogP contribution in [-0.4, -0.2) is 12.5 Å². The fraction of sp³-hybridized carbons (Fsp3) is 0.462. The van der Waals surface area contributed by atoms with Gasteiger partial charge in [-0.1, -0.05) is 30.1 Å². The number of anilines is 1. The average molecular weight is 287 g/mol. The van der Waals surface area contributed by atoms with E-state index in [9.17, 15) is 4.79 Å². The molecule has 0 saturated heterocycles. The molecular weight excluding hydrogens is 271 g/mol. The van der Waals surface area contributed by atoms with Gasteiger partial charge >= 0.3 is 0 Å². The Kier molecular flexibility index (Phi) is 4.03. The molecule has 0 aliphatic heterocycles. The summed E-state index contributed by atoms with van der Waals surface area (Å²) in [5, 5.41) is 3.43. The zero-order valence-electron chi connectivity index (χ0n) is 10.2. The second-order valence-corrected chi connectivity index (χ2v) is 5.67. The van der Waals surface area contributed by atoms with Crippen molar-refractivity contribution < 1.29 is 4.79 Å². The van der Waals surface area contributed by atoms with Crippen molar-refractivity contribution in [3.05, 3.63) is 27.7 Å². The van der Waals surface area contributed by atoms with Crippen LogP contribution in [-0.2, 0) is 0 Å². The molecule has 1 fully saturated rings. The van der Waals surface area contributed by atoms with Crippen LogP contribution >= 0.6 is 23.2 Å². The molecule has 1 aromatic carbocycles. The third kappa shape index (κ3) is 3.09. The van der Waals surface area contributed by atoms with Gasteiger partial charge in [-0.15, -0.1) is 0 Å². The quantitative estimate of drug-likeness (QED) is 0.834. The van der Waals surface area contributed by atoms with Gasteiger partial charge in [0.25, 0.3) is 5.91 Å². The van der Waals surface area contributed by atoms with E-state index in [0.29, 0.717) is 28.7 Å². The van der Waals surface area contributed by atoms with Gasteiger partial charge in [0.05, 0.1) is 15.6 Å². The lowest BCUT2D eigenvalue weighted by Crippen LogP contribution is -2.29. The molecule has 18 heavy (non-hydrogen) atoms. The van der Waals surface area contributed by atoms with E-state index in [0.717, 1.165) is 5.92 Å². The lowest BCUT2D eigenvalue weighted by molar-refractivity contribution is 0.0947. The van der Waals surface area contributed by atoms with Gasteiger partial charge in [0.1, 0.15) is 0 Å². The van der Waals surface area contributed by atoms with E-state index < -0.39 is 0 Å². The summed E-state index contributed by atoms with van der Waals surface area (Å²) >= 11 is 11.9. The Bertz CT molecular complexity index is 472. The summed E-state index contributed by atoms with van der Waals surface area (Å²) < 4.78 is 0. The molecule has 1 saturated carbocycles. The van der Waals surface area contributed by atoms with Crippen LogP contribution in [0.1, 0.15) is 30.1 Å². The first-order valence-corrected chi connectivity index (χ1v) is 6.77. The molecule has 0 aromatic heterocycles. The highest BCUT2D eigenvalue weighted by molar-refractivity contribution is 6.44. The predicted molar refractivity (Wildman–Crippen MR) is 75.1 cm³/mol. The SMILES string of the molecule is CC(CNC(=O)c1cc(N)cc(Cl)c1Cl)C1CC1. The Labute approximate surface area is 117 Å². The van der Waals surface area contributed by atoms with E-state index in [1.54, 1.807) is 6.07 Å². The second-order valence-electron chi connectivity index (χ2n) is 4.89. The minimum absolute atomic E-state index is 0.221. The van der Waals surface area contributed by atoms with Gasteiger partial charge in [-0.3, -0.25) is 4.79 Å². The van der Waals surface area contributed by atoms with Gasteiger partial charge in [-0.2, -0.15) is 0 Å². The largest absolute Gasteiger partial charge is 0.399 e. The monoisotopic (exact) mass is 286 g/mol. The molecular formula is C13H16Cl2N2O. The Morgan fingerprint density at radius 3 is 2.78 bits per heavy atom. The van der Waals surface area contributed by atoms with Crippen molar-refractivity contribution in [1.29, 1.82) is 0 Å². The number of carbonyl (C=O) groups excluding carboxylic acids is 1. The molecule has 0 bridgehead atoms. The molecule has 1 aromatic rings. The van der Waals surface area contributed by atoms with Gasteiger partial charge < -0.3 is 11.1 Å². The number of rotatable bonds is 4. The van der Waals surface area contributed by atoms with Crippen LogP contribution in [0.4, 0.5) is 5.69 Å². The minimum Gasteiger partial charge on any atom is -0.399 e. The molecule has 1 unspecified atom stereocenters. The van der Waals surface area contributed by atoms with Crippen LogP contribution in [0.15, 0.2) is 12.1 Å². The van der Waals surface area contributed by atoms with Crippen LogP contribution in [0.25, 0.3) is 0 Å². The number of nitrogen functional groups attached to an aromatic ring is 1. The topological polar surface area (TPSA) is 55.1 Å². The van der Waals surface area contributed by atoms with Gasteiger partial charge in [-0.05, 0) is 36.8 Å². The molecule has 0 spiro atoms. The fourth-order valence-corrected chi connectivity index (χ4v) is 2.38. The Morgan fingerprint density at radius 1 is 1.50 bits per heavy atom. The maximum Gasteiger partial charge on any atom is 0.252 e. The normalized spacial score (nSPS) is 16.4. The van der Waals surface area contributed by atoms with Crippen LogP contribution in [0.5, 0.6) is 0 Å². The third-order valence-corrected chi connectivity index (χ3v) is 4.11. The van der Waals surface area contributed by atoms with Crippen LogP contribution in [0.3, 0.4) is 0 Å². The highest BCUT2D eigenvalue weighted by Gasteiger charge is 2.28. The molecule has 3 N–H and O–H groups in total. The molecule has 0 radical (unpaired) electrons. The molecule has 2 rings (SSSR count). The summed E-state index contributed by atoms with van der Waals surface area (Å²) in [5.74, 6) is 1.04. The van der Waals surface area contributed by atoms with Crippen molar-refractivity contribution in [1.82, 2.24) is 5.32 Å². The van der Waals surface area contributed by atoms with Crippen molar-refractivity contribution in [2.75, 3.05) is 12.3 Å². The van der Waals surface area contributed by atoms with E-state index in [1.807, 2.05) is 0 Å². The lowest BCUT2D eigenvalue weighted by Gasteiger charge is -2.13. The first-order valence-electron chi connectivity index (χ1n) is 6.01. The van der Waals surface area contributed by atoms with Crippen LogP contribution in [0, 0.1) is 11.8 Å². The molecule has 1 aliphatic rings. The highest BCUT2D eigenvalue weighted by atomic mass is 35.5. The zero-order chi connectivity index (χ0) is 13.3. The van der Waals surface area contributed by atoms with E-state index >= 15 is 0 Å². The van der Waals surface area contributed by atoms with E-state index in [4.69, 9.17) is 28.9 Å². The lowest BCUT2D eigenvalue weighted by atomic mass is 10.1. The van der Waals surface area contributed by atoms with Gasteiger partial charge in [0, 0.05) is 12.2 Å². The van der Waals surface area contributed by atoms with Gasteiger partial charge in [0.2, 0.25) is 0 Å². The highest BCUT2D eigenvalue weighted by Crippen LogP contribution is 2.36. The fourth-order valence-electron chi connectivity index (χ4n) is 1.96. The maximum atomic E-state index is 12.0. The Hall–Kier alpha value is -0.930. The molecule has 98 valence electrons. The summed E-state index contributed by atoms with van der Waals surface area (Å²) in [4.78, 5) is 12.0. The van der Waals surface area contributed by atoms with Crippen molar-refractivity contribution >= 4 is 34.8 Å². The van der Waals surface area contributed by atoms with Crippen molar-refractivity contribution in [3.8, 4) is 0 Å².